The predicted octanol–water partition coefficient (Wildman–Crippen LogP) is -0.436. The molecule has 0 aromatic rings. The van der Waals surface area contributed by atoms with Gasteiger partial charge >= 0.3 is 0 Å². The number of carbonyl (C=O) groups is 2. The van der Waals surface area contributed by atoms with Crippen LogP contribution < -0.4 is 11.1 Å². The van der Waals surface area contributed by atoms with Crippen molar-refractivity contribution in [1.82, 2.24) is 10.2 Å². The molecule has 0 saturated heterocycles. The van der Waals surface area contributed by atoms with E-state index in [1.54, 1.807) is 7.05 Å². The summed E-state index contributed by atoms with van der Waals surface area (Å²) in [6, 6.07) is -0.514. The molecule has 0 spiro atoms. The topological polar surface area (TPSA) is 75.4 Å². The van der Waals surface area contributed by atoms with Crippen molar-refractivity contribution in [1.29, 1.82) is 0 Å². The third kappa shape index (κ3) is 5.37. The molecule has 5 nitrogen and oxygen atoms in total. The average Bonchev–Trinajstić information content (AvgIpc) is 2.15. The van der Waals surface area contributed by atoms with Crippen LogP contribution >= 0.6 is 0 Å². The molecule has 0 bridgehead atoms. The zero-order chi connectivity index (χ0) is 12.0. The number of carbonyl (C=O) groups excluding carboxylic acids is 2. The summed E-state index contributed by atoms with van der Waals surface area (Å²) in [5.74, 6) is -0.00718. The molecule has 0 aliphatic carbocycles. The lowest BCUT2D eigenvalue weighted by Gasteiger charge is -2.21. The molecule has 88 valence electrons. The van der Waals surface area contributed by atoms with Gasteiger partial charge < -0.3 is 16.0 Å². The standard InChI is InChI=1S/C10H21N3O2/c1-7(2)5-8(11)10(15)13(4)6-9(14)12-3/h7-8H,5-6,11H2,1-4H3,(H,12,14). The first-order valence-corrected chi connectivity index (χ1v) is 5.09. The Morgan fingerprint density at radius 3 is 2.33 bits per heavy atom. The molecule has 2 amide bonds. The average molecular weight is 215 g/mol. The second kappa shape index (κ2) is 6.40. The lowest BCUT2D eigenvalue weighted by molar-refractivity contribution is -0.135. The molecule has 0 aliphatic heterocycles. The van der Waals surface area contributed by atoms with E-state index in [1.807, 2.05) is 13.8 Å². The molecule has 0 fully saturated rings. The van der Waals surface area contributed by atoms with Crippen LogP contribution in [0.3, 0.4) is 0 Å². The summed E-state index contributed by atoms with van der Waals surface area (Å²) in [7, 11) is 3.12. The third-order valence-electron chi connectivity index (χ3n) is 2.08. The smallest absolute Gasteiger partial charge is 0.239 e. The van der Waals surface area contributed by atoms with Crippen molar-refractivity contribution >= 4 is 11.8 Å². The summed E-state index contributed by atoms with van der Waals surface area (Å²) in [5.41, 5.74) is 5.71. The first-order chi connectivity index (χ1) is 6.88. The molecule has 0 aromatic carbocycles. The van der Waals surface area contributed by atoms with E-state index in [1.165, 1.54) is 11.9 Å². The van der Waals surface area contributed by atoms with Crippen molar-refractivity contribution in [3.8, 4) is 0 Å². The van der Waals surface area contributed by atoms with E-state index < -0.39 is 6.04 Å². The summed E-state index contributed by atoms with van der Waals surface area (Å²) >= 11 is 0. The van der Waals surface area contributed by atoms with Crippen LogP contribution in [0.4, 0.5) is 0 Å². The van der Waals surface area contributed by atoms with Gasteiger partial charge in [0.1, 0.15) is 0 Å². The number of hydrogen-bond donors (Lipinski definition) is 2. The first-order valence-electron chi connectivity index (χ1n) is 5.09. The van der Waals surface area contributed by atoms with Crippen LogP contribution in [-0.2, 0) is 9.59 Å². The summed E-state index contributed by atoms with van der Waals surface area (Å²) in [6.07, 6.45) is 0.636. The molecule has 1 atom stereocenters. The van der Waals surface area contributed by atoms with Gasteiger partial charge in [0.25, 0.3) is 0 Å². The number of amides is 2. The van der Waals surface area contributed by atoms with Crippen LogP contribution in [0.25, 0.3) is 0 Å². The van der Waals surface area contributed by atoms with Gasteiger partial charge in [0, 0.05) is 14.1 Å². The van der Waals surface area contributed by atoms with Gasteiger partial charge in [-0.25, -0.2) is 0 Å². The van der Waals surface area contributed by atoms with Gasteiger partial charge in [0.15, 0.2) is 0 Å². The fourth-order valence-electron chi connectivity index (χ4n) is 1.26. The largest absolute Gasteiger partial charge is 0.358 e. The van der Waals surface area contributed by atoms with E-state index in [2.05, 4.69) is 5.32 Å². The Kier molecular flexibility index (Phi) is 5.93. The van der Waals surface area contributed by atoms with Gasteiger partial charge in [0.05, 0.1) is 12.6 Å². The molecule has 0 aromatic heterocycles. The van der Waals surface area contributed by atoms with Crippen LogP contribution in [0.15, 0.2) is 0 Å². The quantitative estimate of drug-likeness (QED) is 0.653. The highest BCUT2D eigenvalue weighted by Gasteiger charge is 2.20. The Labute approximate surface area is 91.0 Å². The van der Waals surface area contributed by atoms with Crippen molar-refractivity contribution in [3.05, 3.63) is 0 Å². The van der Waals surface area contributed by atoms with Crippen molar-refractivity contribution < 1.29 is 9.59 Å². The second-order valence-corrected chi connectivity index (χ2v) is 4.10. The summed E-state index contributed by atoms with van der Waals surface area (Å²) in [4.78, 5) is 24.0. The summed E-state index contributed by atoms with van der Waals surface area (Å²) < 4.78 is 0. The minimum Gasteiger partial charge on any atom is -0.358 e. The fourth-order valence-corrected chi connectivity index (χ4v) is 1.26. The predicted molar refractivity (Wildman–Crippen MR) is 59.1 cm³/mol. The SMILES string of the molecule is CNC(=O)CN(C)C(=O)C(N)CC(C)C. The Balaban J connectivity index is 4.13. The van der Waals surface area contributed by atoms with Crippen LogP contribution in [0.5, 0.6) is 0 Å². The highest BCUT2D eigenvalue weighted by atomic mass is 16.2. The van der Waals surface area contributed by atoms with Crippen molar-refractivity contribution in [2.75, 3.05) is 20.6 Å². The molecule has 3 N–H and O–H groups in total. The van der Waals surface area contributed by atoms with Crippen LogP contribution in [0, 0.1) is 5.92 Å². The van der Waals surface area contributed by atoms with Gasteiger partial charge in [-0.15, -0.1) is 0 Å². The molecular formula is C10H21N3O2. The zero-order valence-corrected chi connectivity index (χ0v) is 9.91. The molecule has 1 unspecified atom stereocenters. The molecule has 0 saturated carbocycles. The van der Waals surface area contributed by atoms with E-state index in [0.717, 1.165) is 0 Å². The van der Waals surface area contributed by atoms with E-state index in [9.17, 15) is 9.59 Å². The molecule has 0 heterocycles. The lowest BCUT2D eigenvalue weighted by atomic mass is 10.0. The number of rotatable bonds is 5. The van der Waals surface area contributed by atoms with Crippen LogP contribution in [0.1, 0.15) is 20.3 Å². The maximum absolute atomic E-state index is 11.7. The van der Waals surface area contributed by atoms with Crippen molar-refractivity contribution in [2.45, 2.75) is 26.3 Å². The fraction of sp³-hybridized carbons (Fsp3) is 0.800. The second-order valence-electron chi connectivity index (χ2n) is 4.10. The van der Waals surface area contributed by atoms with Gasteiger partial charge in [-0.2, -0.15) is 0 Å². The summed E-state index contributed by atoms with van der Waals surface area (Å²) in [6.45, 7) is 4.07. The highest BCUT2D eigenvalue weighted by molar-refractivity contribution is 5.87. The minimum atomic E-state index is -0.514. The van der Waals surface area contributed by atoms with Gasteiger partial charge in [0.2, 0.25) is 11.8 Å². The van der Waals surface area contributed by atoms with Gasteiger partial charge in [-0.1, -0.05) is 13.8 Å². The van der Waals surface area contributed by atoms with E-state index >= 15 is 0 Å². The van der Waals surface area contributed by atoms with E-state index in [4.69, 9.17) is 5.73 Å². The highest BCUT2D eigenvalue weighted by Crippen LogP contribution is 2.04. The zero-order valence-electron chi connectivity index (χ0n) is 9.91. The van der Waals surface area contributed by atoms with Crippen molar-refractivity contribution in [2.24, 2.45) is 11.7 Å². The normalized spacial score (nSPS) is 12.4. The number of nitrogens with zero attached hydrogens (tertiary/aromatic N) is 1. The molecule has 0 rings (SSSR count). The molecule has 0 aliphatic rings. The number of likely N-dealkylation sites (N-methyl/N-ethyl adjacent to an activating group) is 2. The molecule has 0 radical (unpaired) electrons. The molecule has 15 heavy (non-hydrogen) atoms. The molecule has 5 heteroatoms. The van der Waals surface area contributed by atoms with Crippen molar-refractivity contribution in [3.63, 3.8) is 0 Å². The van der Waals surface area contributed by atoms with Crippen LogP contribution in [0.2, 0.25) is 0 Å². The van der Waals surface area contributed by atoms with Crippen LogP contribution in [-0.4, -0.2) is 43.4 Å². The monoisotopic (exact) mass is 215 g/mol. The third-order valence-corrected chi connectivity index (χ3v) is 2.08. The molecular weight excluding hydrogens is 194 g/mol. The number of nitrogens with one attached hydrogen (secondary N) is 1. The number of hydrogen-bond acceptors (Lipinski definition) is 3. The Bertz CT molecular complexity index is 229. The first kappa shape index (κ1) is 13.9. The van der Waals surface area contributed by atoms with E-state index in [-0.39, 0.29) is 18.4 Å². The Morgan fingerprint density at radius 1 is 1.40 bits per heavy atom. The Hall–Kier alpha value is -1.10. The summed E-state index contributed by atoms with van der Waals surface area (Å²) in [5, 5.41) is 2.46. The maximum Gasteiger partial charge on any atom is 0.239 e. The van der Waals surface area contributed by atoms with Gasteiger partial charge in [-0.05, 0) is 12.3 Å². The number of nitrogens with two attached hydrogens (primary N) is 1. The maximum atomic E-state index is 11.7. The Morgan fingerprint density at radius 2 is 1.93 bits per heavy atom. The lowest BCUT2D eigenvalue weighted by Crippen LogP contribution is -2.45. The minimum absolute atomic E-state index is 0.0567. The van der Waals surface area contributed by atoms with Gasteiger partial charge in [-0.3, -0.25) is 9.59 Å². The van der Waals surface area contributed by atoms with E-state index in [0.29, 0.717) is 12.3 Å².